The third kappa shape index (κ3) is 2.47. The summed E-state index contributed by atoms with van der Waals surface area (Å²) in [4.78, 5) is 4.58. The molecule has 0 radical (unpaired) electrons. The fraction of sp³-hybridized carbons (Fsp3) is 0.150. The van der Waals surface area contributed by atoms with Gasteiger partial charge < -0.3 is 4.42 Å². The summed E-state index contributed by atoms with van der Waals surface area (Å²) < 4.78 is 5.85. The minimum Gasteiger partial charge on any atom is -0.454 e. The zero-order chi connectivity index (χ0) is 16.0. The van der Waals surface area contributed by atoms with Gasteiger partial charge in [-0.2, -0.15) is 0 Å². The van der Waals surface area contributed by atoms with E-state index in [1.54, 1.807) is 0 Å². The average molecular weight is 317 g/mol. The Morgan fingerprint density at radius 2 is 1.57 bits per heavy atom. The van der Waals surface area contributed by atoms with Crippen molar-refractivity contribution in [1.29, 1.82) is 0 Å². The Labute approximate surface area is 136 Å². The van der Waals surface area contributed by atoms with Gasteiger partial charge in [-0.1, -0.05) is 67.3 Å². The van der Waals surface area contributed by atoms with Gasteiger partial charge in [-0.3, -0.25) is 4.98 Å². The summed E-state index contributed by atoms with van der Waals surface area (Å²) in [6.45, 7) is 7.10. The Morgan fingerprint density at radius 3 is 2.30 bits per heavy atom. The molecule has 0 unspecified atom stereocenters. The van der Waals surface area contributed by atoms with Crippen LogP contribution in [-0.2, 0) is 0 Å². The van der Waals surface area contributed by atoms with Crippen LogP contribution in [0.2, 0.25) is 19.6 Å². The topological polar surface area (TPSA) is 26.0 Å². The van der Waals surface area contributed by atoms with Crippen LogP contribution in [0.3, 0.4) is 0 Å². The molecule has 0 atom stereocenters. The first-order chi connectivity index (χ1) is 11.0. The maximum Gasteiger partial charge on any atom is 0.153 e. The number of rotatable bonds is 2. The first-order valence-electron chi connectivity index (χ1n) is 7.90. The molecule has 0 saturated heterocycles. The van der Waals surface area contributed by atoms with E-state index in [1.165, 1.54) is 5.19 Å². The zero-order valence-corrected chi connectivity index (χ0v) is 14.6. The lowest BCUT2D eigenvalue weighted by Gasteiger charge is -2.16. The predicted octanol–water partition coefficient (Wildman–Crippen LogP) is 5.19. The Hall–Kier alpha value is -2.39. The number of nitrogens with zero attached hydrogens (tertiary/aromatic N) is 1. The number of fused-ring (bicyclic) bond motifs is 3. The van der Waals surface area contributed by atoms with E-state index in [0.717, 1.165) is 33.2 Å². The zero-order valence-electron chi connectivity index (χ0n) is 13.6. The van der Waals surface area contributed by atoms with Gasteiger partial charge in [-0.25, -0.2) is 0 Å². The Morgan fingerprint density at radius 1 is 0.826 bits per heavy atom. The molecule has 0 saturated carbocycles. The summed E-state index contributed by atoms with van der Waals surface area (Å²) in [5.74, 6) is 0. The molecule has 23 heavy (non-hydrogen) atoms. The lowest BCUT2D eigenvalue weighted by Crippen LogP contribution is -2.37. The van der Waals surface area contributed by atoms with Gasteiger partial charge in [0.15, 0.2) is 5.58 Å². The monoisotopic (exact) mass is 317 g/mol. The summed E-state index contributed by atoms with van der Waals surface area (Å²) in [5, 5.41) is 3.74. The fourth-order valence-corrected chi connectivity index (χ4v) is 4.10. The maximum absolute atomic E-state index is 5.85. The average Bonchev–Trinajstić information content (AvgIpc) is 2.92. The second-order valence-corrected chi connectivity index (χ2v) is 12.1. The largest absolute Gasteiger partial charge is 0.454 e. The highest BCUT2D eigenvalue weighted by atomic mass is 28.3. The van der Waals surface area contributed by atoms with Crippen molar-refractivity contribution in [2.75, 3.05) is 0 Å². The van der Waals surface area contributed by atoms with E-state index in [1.807, 2.05) is 24.4 Å². The number of hydrogen-bond acceptors (Lipinski definition) is 2. The number of para-hydroxylation sites is 1. The summed E-state index contributed by atoms with van der Waals surface area (Å²) in [7, 11) is -1.26. The first-order valence-corrected chi connectivity index (χ1v) is 11.4. The molecular weight excluding hydrogens is 298 g/mol. The van der Waals surface area contributed by atoms with Crippen molar-refractivity contribution < 1.29 is 4.42 Å². The molecule has 2 aromatic heterocycles. The molecule has 0 N–H and O–H groups in total. The van der Waals surface area contributed by atoms with E-state index in [9.17, 15) is 0 Å². The van der Waals surface area contributed by atoms with E-state index in [-0.39, 0.29) is 0 Å². The van der Waals surface area contributed by atoms with E-state index in [4.69, 9.17) is 4.42 Å². The van der Waals surface area contributed by atoms with E-state index in [0.29, 0.717) is 0 Å². The Balaban J connectivity index is 1.84. The highest BCUT2D eigenvalue weighted by Crippen LogP contribution is 2.30. The number of pyridine rings is 1. The van der Waals surface area contributed by atoms with Gasteiger partial charge in [0.2, 0.25) is 0 Å². The minimum atomic E-state index is -1.26. The quantitative estimate of drug-likeness (QED) is 0.475. The van der Waals surface area contributed by atoms with E-state index in [2.05, 4.69) is 61.0 Å². The van der Waals surface area contributed by atoms with Crippen LogP contribution >= 0.6 is 0 Å². The third-order valence-corrected chi connectivity index (χ3v) is 6.38. The van der Waals surface area contributed by atoms with Crippen LogP contribution in [0.4, 0.5) is 0 Å². The molecule has 114 valence electrons. The SMILES string of the molecule is C[Si](C)(C)c1ccc(-c2cc3c(cn2)oc2ccccc23)cc1. The van der Waals surface area contributed by atoms with Gasteiger partial charge >= 0.3 is 0 Å². The van der Waals surface area contributed by atoms with Crippen LogP contribution in [-0.4, -0.2) is 13.1 Å². The van der Waals surface area contributed by atoms with Gasteiger partial charge in [0.1, 0.15) is 5.58 Å². The van der Waals surface area contributed by atoms with Crippen LogP contribution < -0.4 is 5.19 Å². The highest BCUT2D eigenvalue weighted by molar-refractivity contribution is 6.88. The standard InChI is InChI=1S/C20H19NOSi/c1-23(2,3)15-10-8-14(9-11-15)18-12-17-16-6-4-5-7-19(16)22-20(17)13-21-18/h4-13H,1-3H3. The molecule has 0 spiro atoms. The molecule has 0 fully saturated rings. The number of aromatic nitrogens is 1. The normalized spacial score (nSPS) is 12.1. The van der Waals surface area contributed by atoms with Crippen molar-refractivity contribution in [3.63, 3.8) is 0 Å². The molecule has 0 amide bonds. The van der Waals surface area contributed by atoms with Crippen molar-refractivity contribution in [2.45, 2.75) is 19.6 Å². The molecule has 2 nitrogen and oxygen atoms in total. The van der Waals surface area contributed by atoms with Gasteiger partial charge in [0, 0.05) is 16.3 Å². The lowest BCUT2D eigenvalue weighted by molar-refractivity contribution is 0.667. The molecule has 2 aromatic carbocycles. The summed E-state index contributed by atoms with van der Waals surface area (Å²) in [6.07, 6.45) is 1.83. The third-order valence-electron chi connectivity index (χ3n) is 4.31. The van der Waals surface area contributed by atoms with Gasteiger partial charge in [0.05, 0.1) is 20.0 Å². The van der Waals surface area contributed by atoms with Crippen molar-refractivity contribution in [3.8, 4) is 11.3 Å². The first kappa shape index (κ1) is 14.2. The minimum absolute atomic E-state index is 0.841. The van der Waals surface area contributed by atoms with Crippen molar-refractivity contribution in [3.05, 3.63) is 60.8 Å². The second kappa shape index (κ2) is 5.07. The Bertz CT molecular complexity index is 994. The molecule has 0 aliphatic carbocycles. The van der Waals surface area contributed by atoms with Crippen LogP contribution in [0.25, 0.3) is 33.2 Å². The van der Waals surface area contributed by atoms with Crippen LogP contribution in [0, 0.1) is 0 Å². The molecule has 0 aliphatic heterocycles. The lowest BCUT2D eigenvalue weighted by atomic mass is 10.1. The van der Waals surface area contributed by atoms with E-state index < -0.39 is 8.07 Å². The molecule has 3 heteroatoms. The summed E-state index contributed by atoms with van der Waals surface area (Å²) in [6, 6.07) is 19.1. The fourth-order valence-electron chi connectivity index (χ4n) is 2.93. The summed E-state index contributed by atoms with van der Waals surface area (Å²) >= 11 is 0. The second-order valence-electron chi connectivity index (χ2n) is 6.99. The number of hydrogen-bond donors (Lipinski definition) is 0. The number of benzene rings is 2. The summed E-state index contributed by atoms with van der Waals surface area (Å²) in [5.41, 5.74) is 3.90. The van der Waals surface area contributed by atoms with Gasteiger partial charge in [0.25, 0.3) is 0 Å². The van der Waals surface area contributed by atoms with Gasteiger partial charge in [-0.05, 0) is 12.1 Å². The molecule has 0 aliphatic rings. The van der Waals surface area contributed by atoms with E-state index >= 15 is 0 Å². The molecule has 4 rings (SSSR count). The van der Waals surface area contributed by atoms with Crippen LogP contribution in [0.1, 0.15) is 0 Å². The predicted molar refractivity (Wildman–Crippen MR) is 99.9 cm³/mol. The molecule has 2 heterocycles. The van der Waals surface area contributed by atoms with Gasteiger partial charge in [-0.15, -0.1) is 0 Å². The van der Waals surface area contributed by atoms with Crippen LogP contribution in [0.15, 0.2) is 65.2 Å². The van der Waals surface area contributed by atoms with Crippen molar-refractivity contribution in [1.82, 2.24) is 4.98 Å². The van der Waals surface area contributed by atoms with Crippen LogP contribution in [0.5, 0.6) is 0 Å². The smallest absolute Gasteiger partial charge is 0.153 e. The maximum atomic E-state index is 5.85. The molecular formula is C20H19NOSi. The molecule has 4 aromatic rings. The van der Waals surface area contributed by atoms with Crippen molar-refractivity contribution >= 4 is 35.2 Å². The highest BCUT2D eigenvalue weighted by Gasteiger charge is 2.16. The number of furan rings is 1. The Kier molecular flexibility index (Phi) is 3.13. The molecule has 0 bridgehead atoms. The van der Waals surface area contributed by atoms with Crippen molar-refractivity contribution in [2.24, 2.45) is 0 Å².